The Labute approximate surface area is 119 Å². The zero-order chi connectivity index (χ0) is 14.2. The molecule has 0 atom stereocenters. The summed E-state index contributed by atoms with van der Waals surface area (Å²) in [5, 5.41) is 0. The molecule has 1 heterocycles. The summed E-state index contributed by atoms with van der Waals surface area (Å²) in [6, 6.07) is 16.1. The molecule has 3 rings (SSSR count). The number of ether oxygens (including phenoxy) is 2. The van der Waals surface area contributed by atoms with Crippen molar-refractivity contribution >= 4 is 0 Å². The van der Waals surface area contributed by atoms with Crippen molar-refractivity contribution in [2.24, 2.45) is 0 Å². The summed E-state index contributed by atoms with van der Waals surface area (Å²) < 4.78 is 12.2. The van der Waals surface area contributed by atoms with E-state index in [1.54, 1.807) is 0 Å². The van der Waals surface area contributed by atoms with Crippen LogP contribution >= 0.6 is 0 Å². The van der Waals surface area contributed by atoms with Crippen molar-refractivity contribution in [1.82, 2.24) is 0 Å². The zero-order valence-corrected chi connectivity index (χ0v) is 11.8. The molecule has 0 saturated carbocycles. The summed E-state index contributed by atoms with van der Waals surface area (Å²) in [5.74, 6) is 1.71. The minimum Gasteiger partial charge on any atom is -0.457 e. The predicted molar refractivity (Wildman–Crippen MR) is 80.2 cm³/mol. The van der Waals surface area contributed by atoms with Gasteiger partial charge in [0.05, 0.1) is 6.61 Å². The van der Waals surface area contributed by atoms with E-state index in [0.29, 0.717) is 6.61 Å². The van der Waals surface area contributed by atoms with Crippen molar-refractivity contribution in [2.75, 3.05) is 6.61 Å². The summed E-state index contributed by atoms with van der Waals surface area (Å²) in [6.45, 7) is 8.52. The van der Waals surface area contributed by atoms with Crippen LogP contribution in [0.5, 0.6) is 11.5 Å². The van der Waals surface area contributed by atoms with Gasteiger partial charge in [0.1, 0.15) is 17.1 Å². The topological polar surface area (TPSA) is 18.5 Å². The van der Waals surface area contributed by atoms with Crippen LogP contribution in [0.25, 0.3) is 0 Å². The van der Waals surface area contributed by atoms with Gasteiger partial charge in [-0.1, -0.05) is 48.6 Å². The van der Waals surface area contributed by atoms with E-state index in [2.05, 4.69) is 25.6 Å². The second-order valence-electron chi connectivity index (χ2n) is 5.37. The molecule has 0 fully saturated rings. The third-order valence-electron chi connectivity index (χ3n) is 3.63. The smallest absolute Gasteiger partial charge is 0.133 e. The maximum atomic E-state index is 6.21. The van der Waals surface area contributed by atoms with Gasteiger partial charge in [0.25, 0.3) is 0 Å². The molecule has 0 spiro atoms. The lowest BCUT2D eigenvalue weighted by Gasteiger charge is -2.37. The standard InChI is InChI=1S/C18H18O2/c1-13(2)12-19-18(3)14-8-4-6-10-16(14)20-17-11-7-5-9-15(17)18/h4-11H,1,12H2,2-3H3. The third kappa shape index (κ3) is 2.02. The van der Waals surface area contributed by atoms with Crippen LogP contribution in [0.3, 0.4) is 0 Å². The molecule has 0 radical (unpaired) electrons. The largest absolute Gasteiger partial charge is 0.457 e. The summed E-state index contributed by atoms with van der Waals surface area (Å²) in [6.07, 6.45) is 0. The SMILES string of the molecule is C=C(C)COC1(C)c2ccccc2Oc2ccccc21. The Kier molecular flexibility index (Phi) is 3.11. The molecule has 102 valence electrons. The quantitative estimate of drug-likeness (QED) is 0.753. The fourth-order valence-corrected chi connectivity index (χ4v) is 2.59. The fraction of sp³-hybridized carbons (Fsp3) is 0.222. The van der Waals surface area contributed by atoms with Gasteiger partial charge < -0.3 is 9.47 Å². The van der Waals surface area contributed by atoms with Crippen molar-refractivity contribution in [1.29, 1.82) is 0 Å². The van der Waals surface area contributed by atoms with Gasteiger partial charge in [-0.15, -0.1) is 0 Å². The molecular weight excluding hydrogens is 248 g/mol. The number of hydrogen-bond acceptors (Lipinski definition) is 2. The number of benzene rings is 2. The summed E-state index contributed by atoms with van der Waals surface area (Å²) in [5.41, 5.74) is 2.61. The Morgan fingerprint density at radius 1 is 1.05 bits per heavy atom. The predicted octanol–water partition coefficient (Wildman–Crippen LogP) is 4.65. The zero-order valence-electron chi connectivity index (χ0n) is 11.8. The molecule has 0 amide bonds. The number of hydrogen-bond donors (Lipinski definition) is 0. The normalized spacial score (nSPS) is 14.9. The van der Waals surface area contributed by atoms with Crippen LogP contribution < -0.4 is 4.74 Å². The average Bonchev–Trinajstić information content (AvgIpc) is 2.46. The Morgan fingerprint density at radius 2 is 1.55 bits per heavy atom. The van der Waals surface area contributed by atoms with E-state index in [9.17, 15) is 0 Å². The summed E-state index contributed by atoms with van der Waals surface area (Å²) >= 11 is 0. The van der Waals surface area contributed by atoms with Gasteiger partial charge in [0, 0.05) is 11.1 Å². The second kappa shape index (κ2) is 4.80. The van der Waals surface area contributed by atoms with E-state index in [0.717, 1.165) is 28.2 Å². The molecule has 0 aliphatic carbocycles. The molecule has 1 aliphatic rings. The molecule has 2 heteroatoms. The Hall–Kier alpha value is -2.06. The maximum Gasteiger partial charge on any atom is 0.133 e. The van der Waals surface area contributed by atoms with Gasteiger partial charge in [-0.25, -0.2) is 0 Å². The number of rotatable bonds is 3. The van der Waals surface area contributed by atoms with Gasteiger partial charge in [-0.2, -0.15) is 0 Å². The van der Waals surface area contributed by atoms with Crippen LogP contribution in [0.15, 0.2) is 60.7 Å². The molecule has 2 aromatic carbocycles. The van der Waals surface area contributed by atoms with Crippen LogP contribution in [0, 0.1) is 0 Å². The molecule has 2 aromatic rings. The van der Waals surface area contributed by atoms with Gasteiger partial charge in [0.2, 0.25) is 0 Å². The fourth-order valence-electron chi connectivity index (χ4n) is 2.59. The highest BCUT2D eigenvalue weighted by Gasteiger charge is 2.38. The van der Waals surface area contributed by atoms with E-state index >= 15 is 0 Å². The average molecular weight is 266 g/mol. The lowest BCUT2D eigenvalue weighted by molar-refractivity contribution is 0.00320. The minimum absolute atomic E-state index is 0.510. The summed E-state index contributed by atoms with van der Waals surface area (Å²) in [4.78, 5) is 0. The number of para-hydroxylation sites is 2. The monoisotopic (exact) mass is 266 g/mol. The van der Waals surface area contributed by atoms with E-state index in [4.69, 9.17) is 9.47 Å². The molecule has 0 unspecified atom stereocenters. The van der Waals surface area contributed by atoms with Crippen LogP contribution in [0.1, 0.15) is 25.0 Å². The highest BCUT2D eigenvalue weighted by atomic mass is 16.5. The second-order valence-corrected chi connectivity index (χ2v) is 5.37. The van der Waals surface area contributed by atoms with Crippen LogP contribution in [-0.2, 0) is 10.3 Å². The first kappa shape index (κ1) is 12.9. The van der Waals surface area contributed by atoms with E-state index in [-0.39, 0.29) is 0 Å². The van der Waals surface area contributed by atoms with E-state index in [1.807, 2.05) is 43.3 Å². The Balaban J connectivity index is 2.14. The lowest BCUT2D eigenvalue weighted by Crippen LogP contribution is -2.31. The van der Waals surface area contributed by atoms with E-state index < -0.39 is 5.60 Å². The number of fused-ring (bicyclic) bond motifs is 2. The molecular formula is C18H18O2. The molecule has 0 aromatic heterocycles. The van der Waals surface area contributed by atoms with Crippen molar-refractivity contribution in [3.63, 3.8) is 0 Å². The van der Waals surface area contributed by atoms with Gasteiger partial charge in [0.15, 0.2) is 0 Å². The molecule has 0 bridgehead atoms. The highest BCUT2D eigenvalue weighted by Crippen LogP contribution is 2.48. The lowest BCUT2D eigenvalue weighted by atomic mass is 9.85. The van der Waals surface area contributed by atoms with Crippen molar-refractivity contribution in [3.05, 3.63) is 71.8 Å². The van der Waals surface area contributed by atoms with Crippen molar-refractivity contribution in [3.8, 4) is 11.5 Å². The van der Waals surface area contributed by atoms with Gasteiger partial charge in [-0.3, -0.25) is 0 Å². The minimum atomic E-state index is -0.510. The molecule has 2 nitrogen and oxygen atoms in total. The molecule has 1 aliphatic heterocycles. The Bertz CT molecular complexity index is 612. The molecule has 0 N–H and O–H groups in total. The van der Waals surface area contributed by atoms with Crippen LogP contribution in [0.2, 0.25) is 0 Å². The first-order chi connectivity index (χ1) is 9.61. The molecule has 20 heavy (non-hydrogen) atoms. The first-order valence-electron chi connectivity index (χ1n) is 6.76. The van der Waals surface area contributed by atoms with Crippen LogP contribution in [-0.4, -0.2) is 6.61 Å². The summed E-state index contributed by atoms with van der Waals surface area (Å²) in [7, 11) is 0. The molecule has 0 saturated heterocycles. The highest BCUT2D eigenvalue weighted by molar-refractivity contribution is 5.55. The first-order valence-corrected chi connectivity index (χ1v) is 6.76. The van der Waals surface area contributed by atoms with Gasteiger partial charge >= 0.3 is 0 Å². The third-order valence-corrected chi connectivity index (χ3v) is 3.63. The van der Waals surface area contributed by atoms with Crippen LogP contribution in [0.4, 0.5) is 0 Å². The van der Waals surface area contributed by atoms with Crippen molar-refractivity contribution in [2.45, 2.75) is 19.4 Å². The van der Waals surface area contributed by atoms with E-state index in [1.165, 1.54) is 0 Å². The Morgan fingerprint density at radius 3 is 2.05 bits per heavy atom. The maximum absolute atomic E-state index is 6.21. The van der Waals surface area contributed by atoms with Gasteiger partial charge in [-0.05, 0) is 26.0 Å². The van der Waals surface area contributed by atoms with Crippen molar-refractivity contribution < 1.29 is 9.47 Å².